The molecule has 0 spiro atoms. The zero-order chi connectivity index (χ0) is 22.1. The monoisotopic (exact) mass is 443 g/mol. The molecule has 3 amide bonds. The topological polar surface area (TPSA) is 114 Å². The summed E-state index contributed by atoms with van der Waals surface area (Å²) in [7, 11) is -4.01. The number of imide groups is 1. The molecule has 12 heteroatoms. The molecule has 1 heterocycles. The van der Waals surface area contributed by atoms with E-state index < -0.39 is 45.8 Å². The van der Waals surface area contributed by atoms with E-state index in [1.54, 1.807) is 0 Å². The van der Waals surface area contributed by atoms with E-state index in [1.165, 1.54) is 31.2 Å². The second-order valence-electron chi connectivity index (χ2n) is 6.45. The summed E-state index contributed by atoms with van der Waals surface area (Å²) in [4.78, 5) is 22.7. The number of benzene rings is 2. The van der Waals surface area contributed by atoms with Gasteiger partial charge in [0.2, 0.25) is 10.0 Å². The molecule has 1 aliphatic rings. The van der Waals surface area contributed by atoms with Gasteiger partial charge in [0.15, 0.2) is 0 Å². The number of urea groups is 1. The molecule has 1 saturated heterocycles. The van der Waals surface area contributed by atoms with E-state index in [-0.39, 0.29) is 16.4 Å². The van der Waals surface area contributed by atoms with Crippen molar-refractivity contribution in [1.82, 2.24) is 15.4 Å². The first-order valence-corrected chi connectivity index (χ1v) is 10.0. The van der Waals surface area contributed by atoms with E-state index in [4.69, 9.17) is 4.74 Å². The number of amides is 3. The number of hydrogen-bond donors (Lipinski definition) is 3. The highest BCUT2D eigenvalue weighted by Gasteiger charge is 2.36. The summed E-state index contributed by atoms with van der Waals surface area (Å²) in [6, 6.07) is 6.52. The SMILES string of the molecule is C[C@@H](NS(=O)(=O)c1ccc(Oc2ccc(C(F)(F)F)cc2)cc1)[C@@H]1NC(=O)NC1=O. The van der Waals surface area contributed by atoms with Crippen molar-refractivity contribution >= 4 is 22.0 Å². The molecule has 0 saturated carbocycles. The maximum Gasteiger partial charge on any atom is 0.416 e. The van der Waals surface area contributed by atoms with Gasteiger partial charge in [-0.3, -0.25) is 10.1 Å². The van der Waals surface area contributed by atoms with Crippen molar-refractivity contribution in [1.29, 1.82) is 0 Å². The number of halogens is 3. The van der Waals surface area contributed by atoms with Gasteiger partial charge in [-0.05, 0) is 55.5 Å². The van der Waals surface area contributed by atoms with Crippen LogP contribution in [-0.4, -0.2) is 32.4 Å². The van der Waals surface area contributed by atoms with Gasteiger partial charge in [0, 0.05) is 6.04 Å². The third-order valence-electron chi connectivity index (χ3n) is 4.20. The van der Waals surface area contributed by atoms with E-state index in [9.17, 15) is 31.2 Å². The largest absolute Gasteiger partial charge is 0.457 e. The van der Waals surface area contributed by atoms with Gasteiger partial charge in [0.1, 0.15) is 17.5 Å². The number of alkyl halides is 3. The molecule has 0 bridgehead atoms. The van der Waals surface area contributed by atoms with E-state index in [1.807, 2.05) is 5.32 Å². The van der Waals surface area contributed by atoms with Crippen LogP contribution >= 0.6 is 0 Å². The Bertz CT molecular complexity index is 1050. The van der Waals surface area contributed by atoms with Crippen molar-refractivity contribution in [3.63, 3.8) is 0 Å². The molecule has 0 aromatic heterocycles. The van der Waals surface area contributed by atoms with Crippen LogP contribution in [0.2, 0.25) is 0 Å². The highest BCUT2D eigenvalue weighted by molar-refractivity contribution is 7.89. The lowest BCUT2D eigenvalue weighted by molar-refractivity contribution is -0.137. The number of hydrogen-bond acceptors (Lipinski definition) is 5. The van der Waals surface area contributed by atoms with Crippen LogP contribution in [0.4, 0.5) is 18.0 Å². The first kappa shape index (κ1) is 21.6. The van der Waals surface area contributed by atoms with Crippen LogP contribution < -0.4 is 20.1 Å². The van der Waals surface area contributed by atoms with Crippen molar-refractivity contribution in [3.8, 4) is 11.5 Å². The standard InChI is InChI=1S/C18H16F3N3O5S/c1-10(15-16(25)23-17(26)22-15)24-30(27,28)14-8-6-13(7-9-14)29-12-4-2-11(3-5-12)18(19,20)21/h2-10,15,24H,1H3,(H2,22,23,25,26)/t10-,15+/m1/s1. The van der Waals surface area contributed by atoms with Crippen molar-refractivity contribution < 1.29 is 35.9 Å². The zero-order valence-corrected chi connectivity index (χ0v) is 16.2. The van der Waals surface area contributed by atoms with Crippen molar-refractivity contribution in [2.75, 3.05) is 0 Å². The fourth-order valence-corrected chi connectivity index (χ4v) is 3.96. The molecule has 0 unspecified atom stereocenters. The summed E-state index contributed by atoms with van der Waals surface area (Å²) < 4.78 is 70.5. The Balaban J connectivity index is 1.67. The number of nitrogens with one attached hydrogen (secondary N) is 3. The Hall–Kier alpha value is -3.12. The van der Waals surface area contributed by atoms with Crippen LogP contribution in [0.5, 0.6) is 11.5 Å². The minimum atomic E-state index is -4.46. The predicted octanol–water partition coefficient (Wildman–Crippen LogP) is 2.37. The number of sulfonamides is 1. The minimum Gasteiger partial charge on any atom is -0.457 e. The minimum absolute atomic E-state index is 0.126. The fourth-order valence-electron chi connectivity index (χ4n) is 2.70. The Morgan fingerprint density at radius 3 is 2.00 bits per heavy atom. The fraction of sp³-hybridized carbons (Fsp3) is 0.222. The lowest BCUT2D eigenvalue weighted by Gasteiger charge is -2.18. The average Bonchev–Trinajstić information content (AvgIpc) is 3.00. The van der Waals surface area contributed by atoms with Gasteiger partial charge >= 0.3 is 12.2 Å². The van der Waals surface area contributed by atoms with Gasteiger partial charge in [0.25, 0.3) is 5.91 Å². The first-order valence-electron chi connectivity index (χ1n) is 8.54. The molecule has 30 heavy (non-hydrogen) atoms. The Morgan fingerprint density at radius 2 is 1.53 bits per heavy atom. The maximum atomic E-state index is 12.6. The molecule has 1 aliphatic heterocycles. The molecule has 2 aromatic carbocycles. The summed E-state index contributed by atoms with van der Waals surface area (Å²) in [5.41, 5.74) is -0.816. The van der Waals surface area contributed by atoms with E-state index in [0.717, 1.165) is 24.3 Å². The molecule has 2 atom stereocenters. The molecule has 160 valence electrons. The third-order valence-corrected chi connectivity index (χ3v) is 5.77. The number of rotatable bonds is 6. The van der Waals surface area contributed by atoms with E-state index in [0.29, 0.717) is 0 Å². The van der Waals surface area contributed by atoms with Crippen LogP contribution in [0.25, 0.3) is 0 Å². The molecule has 2 aromatic rings. The number of carbonyl (C=O) groups excluding carboxylic acids is 2. The molecule has 8 nitrogen and oxygen atoms in total. The average molecular weight is 443 g/mol. The van der Waals surface area contributed by atoms with Crippen LogP contribution in [0, 0.1) is 0 Å². The summed E-state index contributed by atoms with van der Waals surface area (Å²) >= 11 is 0. The zero-order valence-electron chi connectivity index (χ0n) is 15.4. The second kappa shape index (κ2) is 7.95. The predicted molar refractivity (Wildman–Crippen MR) is 98.2 cm³/mol. The van der Waals surface area contributed by atoms with Gasteiger partial charge in [-0.1, -0.05) is 0 Å². The van der Waals surface area contributed by atoms with Gasteiger partial charge in [-0.2, -0.15) is 13.2 Å². The highest BCUT2D eigenvalue weighted by atomic mass is 32.2. The smallest absolute Gasteiger partial charge is 0.416 e. The van der Waals surface area contributed by atoms with Crippen molar-refractivity contribution in [2.45, 2.75) is 30.1 Å². The second-order valence-corrected chi connectivity index (χ2v) is 8.16. The molecule has 3 N–H and O–H groups in total. The van der Waals surface area contributed by atoms with Crippen LogP contribution in [-0.2, 0) is 21.0 Å². The van der Waals surface area contributed by atoms with Gasteiger partial charge in [0.05, 0.1) is 10.5 Å². The molecule has 0 radical (unpaired) electrons. The molecule has 0 aliphatic carbocycles. The van der Waals surface area contributed by atoms with Crippen molar-refractivity contribution in [3.05, 3.63) is 54.1 Å². The van der Waals surface area contributed by atoms with Gasteiger partial charge in [-0.15, -0.1) is 0 Å². The summed E-state index contributed by atoms with van der Waals surface area (Å²) in [6.45, 7) is 1.43. The lowest BCUT2D eigenvalue weighted by atomic mass is 10.1. The van der Waals surface area contributed by atoms with Crippen LogP contribution in [0.3, 0.4) is 0 Å². The molecule has 3 rings (SSSR count). The Kier molecular flexibility index (Phi) is 5.72. The van der Waals surface area contributed by atoms with E-state index >= 15 is 0 Å². The normalized spacial score (nSPS) is 17.9. The van der Waals surface area contributed by atoms with Gasteiger partial charge in [-0.25, -0.2) is 17.9 Å². The lowest BCUT2D eigenvalue weighted by Crippen LogP contribution is -2.49. The van der Waals surface area contributed by atoms with E-state index in [2.05, 4.69) is 10.0 Å². The third kappa shape index (κ3) is 4.89. The Morgan fingerprint density at radius 1 is 1.00 bits per heavy atom. The summed E-state index contributed by atoms with van der Waals surface area (Å²) in [5, 5.41) is 4.32. The van der Waals surface area contributed by atoms with Crippen LogP contribution in [0.15, 0.2) is 53.4 Å². The number of carbonyl (C=O) groups is 2. The highest BCUT2D eigenvalue weighted by Crippen LogP contribution is 2.31. The summed E-state index contributed by atoms with van der Waals surface area (Å²) in [6.07, 6.45) is -4.46. The molecule has 1 fully saturated rings. The molecular formula is C18H16F3N3O5S. The quantitative estimate of drug-likeness (QED) is 0.594. The first-order chi connectivity index (χ1) is 14.0. The number of ether oxygens (including phenoxy) is 1. The van der Waals surface area contributed by atoms with Crippen LogP contribution in [0.1, 0.15) is 12.5 Å². The molecular weight excluding hydrogens is 427 g/mol. The van der Waals surface area contributed by atoms with Gasteiger partial charge < -0.3 is 10.1 Å². The Labute approximate surface area is 169 Å². The summed E-state index contributed by atoms with van der Waals surface area (Å²) in [5.74, 6) is -0.284. The van der Waals surface area contributed by atoms with Crippen molar-refractivity contribution in [2.24, 2.45) is 0 Å². The maximum absolute atomic E-state index is 12.6.